The second kappa shape index (κ2) is 5.16. The first kappa shape index (κ1) is 13.5. The van der Waals surface area contributed by atoms with E-state index in [1.165, 1.54) is 0 Å². The fraction of sp³-hybridized carbons (Fsp3) is 0.429. The lowest BCUT2D eigenvalue weighted by atomic mass is 10.3. The maximum Gasteiger partial charge on any atom is 0.163 e. The van der Waals surface area contributed by atoms with Crippen LogP contribution >= 0.6 is 0 Å². The Kier molecular flexibility index (Phi) is 3.32. The molecule has 0 saturated carbocycles. The Morgan fingerprint density at radius 1 is 1.14 bits per heavy atom. The van der Waals surface area contributed by atoms with E-state index in [0.717, 1.165) is 41.3 Å². The van der Waals surface area contributed by atoms with Gasteiger partial charge in [-0.15, -0.1) is 0 Å². The quantitative estimate of drug-likeness (QED) is 0.725. The Morgan fingerprint density at radius 2 is 1.95 bits per heavy atom. The van der Waals surface area contributed by atoms with Gasteiger partial charge in [-0.1, -0.05) is 0 Å². The summed E-state index contributed by atoms with van der Waals surface area (Å²) in [4.78, 5) is 11.3. The van der Waals surface area contributed by atoms with Crippen molar-refractivity contribution in [1.29, 1.82) is 0 Å². The van der Waals surface area contributed by atoms with Gasteiger partial charge in [0.25, 0.3) is 0 Å². The summed E-state index contributed by atoms with van der Waals surface area (Å²) in [6.07, 6.45) is 5.74. The molecule has 0 unspecified atom stereocenters. The van der Waals surface area contributed by atoms with Gasteiger partial charge in [0.1, 0.15) is 11.6 Å². The summed E-state index contributed by atoms with van der Waals surface area (Å²) >= 11 is 0. The SMILES string of the molecule is CCN(Cc1cnn(C)c1)c1nc(C)nc2c1cnn2C. The summed E-state index contributed by atoms with van der Waals surface area (Å²) in [6.45, 7) is 5.66. The summed E-state index contributed by atoms with van der Waals surface area (Å²) in [6, 6.07) is 0. The van der Waals surface area contributed by atoms with Gasteiger partial charge in [-0.05, 0) is 13.8 Å². The highest BCUT2D eigenvalue weighted by molar-refractivity contribution is 5.86. The van der Waals surface area contributed by atoms with Crippen molar-refractivity contribution < 1.29 is 0 Å². The molecule has 0 aromatic carbocycles. The first-order valence-electron chi connectivity index (χ1n) is 6.97. The minimum Gasteiger partial charge on any atom is -0.352 e. The van der Waals surface area contributed by atoms with Gasteiger partial charge in [-0.25, -0.2) is 9.97 Å². The Balaban J connectivity index is 2.04. The molecule has 3 rings (SSSR count). The van der Waals surface area contributed by atoms with Crippen LogP contribution in [0, 0.1) is 6.92 Å². The summed E-state index contributed by atoms with van der Waals surface area (Å²) < 4.78 is 3.60. The molecule has 0 spiro atoms. The summed E-state index contributed by atoms with van der Waals surface area (Å²) in [7, 11) is 3.82. The summed E-state index contributed by atoms with van der Waals surface area (Å²) in [5.74, 6) is 1.68. The number of aromatic nitrogens is 6. The van der Waals surface area contributed by atoms with Gasteiger partial charge >= 0.3 is 0 Å². The maximum absolute atomic E-state index is 4.62. The average Bonchev–Trinajstić information content (AvgIpc) is 3.02. The number of fused-ring (bicyclic) bond motifs is 1. The van der Waals surface area contributed by atoms with E-state index in [0.29, 0.717) is 0 Å². The van der Waals surface area contributed by atoms with E-state index in [9.17, 15) is 0 Å². The predicted octanol–water partition coefficient (Wildman–Crippen LogP) is 1.43. The van der Waals surface area contributed by atoms with Gasteiger partial charge in [-0.3, -0.25) is 9.36 Å². The van der Waals surface area contributed by atoms with Crippen LogP contribution in [0.3, 0.4) is 0 Å². The van der Waals surface area contributed by atoms with Crippen LogP contribution < -0.4 is 4.90 Å². The lowest BCUT2D eigenvalue weighted by molar-refractivity contribution is 0.764. The highest BCUT2D eigenvalue weighted by atomic mass is 15.3. The van der Waals surface area contributed by atoms with Gasteiger partial charge in [0.05, 0.1) is 17.8 Å². The van der Waals surface area contributed by atoms with Gasteiger partial charge in [0, 0.05) is 38.9 Å². The second-order valence-electron chi connectivity index (χ2n) is 5.14. The van der Waals surface area contributed by atoms with E-state index in [2.05, 4.69) is 32.0 Å². The zero-order chi connectivity index (χ0) is 15.0. The minimum absolute atomic E-state index is 0.755. The molecule has 0 bridgehead atoms. The minimum atomic E-state index is 0.755. The number of hydrogen-bond donors (Lipinski definition) is 0. The molecule has 7 heteroatoms. The van der Waals surface area contributed by atoms with Crippen LogP contribution in [0.4, 0.5) is 5.82 Å². The van der Waals surface area contributed by atoms with Crippen LogP contribution in [0.5, 0.6) is 0 Å². The fourth-order valence-electron chi connectivity index (χ4n) is 2.46. The van der Waals surface area contributed by atoms with Crippen molar-refractivity contribution in [2.45, 2.75) is 20.4 Å². The van der Waals surface area contributed by atoms with Crippen LogP contribution in [0.15, 0.2) is 18.6 Å². The number of hydrogen-bond acceptors (Lipinski definition) is 5. The first-order valence-corrected chi connectivity index (χ1v) is 6.97. The fourth-order valence-corrected chi connectivity index (χ4v) is 2.46. The summed E-state index contributed by atoms with van der Waals surface area (Å²) in [5.41, 5.74) is 2.02. The topological polar surface area (TPSA) is 64.7 Å². The third-order valence-corrected chi connectivity index (χ3v) is 3.50. The molecule has 0 N–H and O–H groups in total. The monoisotopic (exact) mass is 285 g/mol. The molecule has 3 aromatic heterocycles. The standard InChI is InChI=1S/C14H19N7/c1-5-21(9-11-6-15-19(3)8-11)14-12-7-16-20(4)13(12)17-10(2)18-14/h6-8H,5,9H2,1-4H3. The third-order valence-electron chi connectivity index (χ3n) is 3.50. The molecule has 0 saturated heterocycles. The van der Waals surface area contributed by atoms with Gasteiger partial charge in [0.2, 0.25) is 0 Å². The van der Waals surface area contributed by atoms with E-state index in [4.69, 9.17) is 0 Å². The maximum atomic E-state index is 4.62. The molecule has 0 aliphatic carbocycles. The van der Waals surface area contributed by atoms with Crippen molar-refractivity contribution >= 4 is 16.9 Å². The number of nitrogens with zero attached hydrogens (tertiary/aromatic N) is 7. The van der Waals surface area contributed by atoms with Crippen LogP contribution in [0.2, 0.25) is 0 Å². The molecule has 0 atom stereocenters. The number of anilines is 1. The zero-order valence-electron chi connectivity index (χ0n) is 12.8. The van der Waals surface area contributed by atoms with Crippen LogP contribution in [0.25, 0.3) is 11.0 Å². The molecule has 0 aliphatic rings. The van der Waals surface area contributed by atoms with Crippen molar-refractivity contribution in [2.24, 2.45) is 14.1 Å². The average molecular weight is 285 g/mol. The zero-order valence-corrected chi connectivity index (χ0v) is 12.8. The molecule has 7 nitrogen and oxygen atoms in total. The van der Waals surface area contributed by atoms with E-state index in [1.807, 2.05) is 44.3 Å². The molecule has 0 aliphatic heterocycles. The largest absolute Gasteiger partial charge is 0.352 e. The van der Waals surface area contributed by atoms with E-state index >= 15 is 0 Å². The van der Waals surface area contributed by atoms with E-state index in [-0.39, 0.29) is 0 Å². The van der Waals surface area contributed by atoms with Crippen LogP contribution in [-0.4, -0.2) is 36.1 Å². The molecule has 21 heavy (non-hydrogen) atoms. The van der Waals surface area contributed by atoms with Crippen molar-refractivity contribution in [3.8, 4) is 0 Å². The highest BCUT2D eigenvalue weighted by Crippen LogP contribution is 2.24. The lowest BCUT2D eigenvalue weighted by Gasteiger charge is -2.22. The Bertz CT molecular complexity index is 771. The molecule has 3 heterocycles. The smallest absolute Gasteiger partial charge is 0.163 e. The third kappa shape index (κ3) is 2.46. The van der Waals surface area contributed by atoms with E-state index in [1.54, 1.807) is 4.68 Å². The van der Waals surface area contributed by atoms with Gasteiger partial charge in [-0.2, -0.15) is 10.2 Å². The molecule has 3 aromatic rings. The first-order chi connectivity index (χ1) is 10.1. The Labute approximate surface area is 123 Å². The molecule has 0 amide bonds. The molecule has 110 valence electrons. The van der Waals surface area contributed by atoms with Crippen LogP contribution in [0.1, 0.15) is 18.3 Å². The van der Waals surface area contributed by atoms with Crippen molar-refractivity contribution in [1.82, 2.24) is 29.5 Å². The van der Waals surface area contributed by atoms with Crippen molar-refractivity contribution in [3.63, 3.8) is 0 Å². The number of aryl methyl sites for hydroxylation is 3. The number of rotatable bonds is 4. The predicted molar refractivity (Wildman–Crippen MR) is 81.0 cm³/mol. The van der Waals surface area contributed by atoms with Crippen molar-refractivity contribution in [2.75, 3.05) is 11.4 Å². The lowest BCUT2D eigenvalue weighted by Crippen LogP contribution is -2.23. The second-order valence-corrected chi connectivity index (χ2v) is 5.14. The highest BCUT2D eigenvalue weighted by Gasteiger charge is 2.15. The Morgan fingerprint density at radius 3 is 2.62 bits per heavy atom. The van der Waals surface area contributed by atoms with Gasteiger partial charge < -0.3 is 4.90 Å². The van der Waals surface area contributed by atoms with E-state index < -0.39 is 0 Å². The van der Waals surface area contributed by atoms with Gasteiger partial charge in [0.15, 0.2) is 5.65 Å². The molecular weight excluding hydrogens is 266 g/mol. The van der Waals surface area contributed by atoms with Crippen LogP contribution in [-0.2, 0) is 20.6 Å². The molecule has 0 radical (unpaired) electrons. The molecule has 0 fully saturated rings. The summed E-state index contributed by atoms with van der Waals surface area (Å²) in [5, 5.41) is 9.50. The molecular formula is C14H19N7. The Hall–Kier alpha value is -2.44. The van der Waals surface area contributed by atoms with Crippen molar-refractivity contribution in [3.05, 3.63) is 30.0 Å². The normalized spacial score (nSPS) is 11.2.